The molecule has 2 atom stereocenters. The molecule has 1 aliphatic carbocycles. The Bertz CT molecular complexity index is 4350. The highest BCUT2D eigenvalue weighted by Crippen LogP contribution is 2.75. The van der Waals surface area contributed by atoms with Crippen LogP contribution in [-0.2, 0) is 10.8 Å². The zero-order valence-corrected chi connectivity index (χ0v) is 48.5. The van der Waals surface area contributed by atoms with Crippen molar-refractivity contribution < 1.29 is 0 Å². The second kappa shape index (κ2) is 18.6. The van der Waals surface area contributed by atoms with Crippen LogP contribution in [0.3, 0.4) is 0 Å². The molecule has 5 nitrogen and oxygen atoms in total. The van der Waals surface area contributed by atoms with Crippen LogP contribution in [0.25, 0.3) is 33.6 Å². The summed E-state index contributed by atoms with van der Waals surface area (Å²) >= 11 is 0. The van der Waals surface area contributed by atoms with Crippen LogP contribution in [-0.4, -0.2) is 22.2 Å². The van der Waals surface area contributed by atoms with E-state index in [4.69, 9.17) is 9.97 Å². The Kier molecular flexibility index (Phi) is 11.1. The van der Waals surface area contributed by atoms with E-state index < -0.39 is 10.0 Å². The van der Waals surface area contributed by atoms with Crippen LogP contribution in [0, 0.1) is 0 Å². The number of benzene rings is 9. The molecular weight excluding hydrogens is 1030 g/mol. The Morgan fingerprint density at radius 1 is 0.434 bits per heavy atom. The zero-order valence-electron chi connectivity index (χ0n) is 47.7. The first-order valence-corrected chi connectivity index (χ1v) is 31.3. The lowest BCUT2D eigenvalue weighted by Gasteiger charge is -2.55. The van der Waals surface area contributed by atoms with Crippen LogP contribution in [0.5, 0.6) is 0 Å². The minimum absolute atomic E-state index is 0.00352. The molecule has 16 rings (SSSR count). The Hall–Kier alpha value is -8.91. The standard InChI is InChI=1S/C76H64BN5S/c1-74(2,3)53-40-41-64-59(48-53)75(4)43-20-21-44-76(75,5)82(64)54-49-67-71-68(50-54)81(63-35-18-16-32-58(63)61-47-52(42-46-79-61)51-25-9-6-10-26-51)66-37-24-39-70-73(66)77(71)72-65(80(67)62-34-17-15-31-57(62)60-33-19-22-45-78-60)36-23-38-69(72)83(70,55-27-11-7-12-28-55)56-29-13-8-14-30-56/h6-19,22-42,45-50H,20-21,43-44H2,1-5H3. The molecule has 0 radical (unpaired) electrons. The topological polar surface area (TPSA) is 35.5 Å². The summed E-state index contributed by atoms with van der Waals surface area (Å²) in [7, 11) is -2.16. The largest absolute Gasteiger partial charge is 0.334 e. The van der Waals surface area contributed by atoms with Gasteiger partial charge in [0.1, 0.15) is 0 Å². The van der Waals surface area contributed by atoms with E-state index in [-0.39, 0.29) is 23.1 Å². The third-order valence-electron chi connectivity index (χ3n) is 19.5. The van der Waals surface area contributed by atoms with Gasteiger partial charge < -0.3 is 14.7 Å². The number of aromatic nitrogens is 2. The molecule has 0 bridgehead atoms. The number of anilines is 8. The van der Waals surface area contributed by atoms with Gasteiger partial charge >= 0.3 is 0 Å². The highest BCUT2D eigenvalue weighted by Gasteiger charge is 2.59. The van der Waals surface area contributed by atoms with E-state index in [0.29, 0.717) is 0 Å². The number of para-hydroxylation sites is 2. The van der Waals surface area contributed by atoms with Gasteiger partial charge in [0, 0.05) is 72.9 Å². The van der Waals surface area contributed by atoms with E-state index in [1.807, 2.05) is 18.5 Å². The SMILES string of the molecule is CC(C)(C)c1ccc2c(c1)C1(C)CCCCC1(C)N2c1cc2c3c(c1)N(c1ccccc1-c1cc(-c4ccccc4)ccn1)c1cccc4c1B3c1c(cccc1S4(c1ccccc1)c1ccccc1)N2c1ccccc1-c1ccccn1. The summed E-state index contributed by atoms with van der Waals surface area (Å²) in [4.78, 5) is 23.9. The predicted octanol–water partition coefficient (Wildman–Crippen LogP) is 18.3. The van der Waals surface area contributed by atoms with Crippen molar-refractivity contribution in [3.63, 3.8) is 0 Å². The van der Waals surface area contributed by atoms with E-state index in [1.54, 1.807) is 0 Å². The molecule has 6 heterocycles. The van der Waals surface area contributed by atoms with Crippen molar-refractivity contribution in [3.8, 4) is 33.6 Å². The molecule has 0 amide bonds. The Morgan fingerprint density at radius 2 is 0.976 bits per heavy atom. The number of fused-ring (bicyclic) bond motifs is 3. The molecule has 9 aromatic carbocycles. The number of hydrogen-bond donors (Lipinski definition) is 0. The summed E-state index contributed by atoms with van der Waals surface area (Å²) in [6.07, 6.45) is 8.53. The molecule has 0 spiro atoms. The third-order valence-corrected chi connectivity index (χ3v) is 23.5. The molecule has 1 fully saturated rings. The molecular formula is C76H64BN5S. The summed E-state index contributed by atoms with van der Waals surface area (Å²) in [6.45, 7) is 12.1. The molecule has 7 heteroatoms. The monoisotopic (exact) mass is 1090 g/mol. The number of nitrogens with zero attached hydrogens (tertiary/aromatic N) is 5. The molecule has 0 N–H and O–H groups in total. The minimum atomic E-state index is -2.16. The zero-order chi connectivity index (χ0) is 55.8. The van der Waals surface area contributed by atoms with Gasteiger partial charge in [-0.3, -0.25) is 9.97 Å². The van der Waals surface area contributed by atoms with Crippen molar-refractivity contribution in [1.29, 1.82) is 0 Å². The normalized spacial score (nSPS) is 19.0. The van der Waals surface area contributed by atoms with Crippen LogP contribution < -0.4 is 31.1 Å². The number of rotatable bonds is 8. The number of hydrogen-bond acceptors (Lipinski definition) is 5. The van der Waals surface area contributed by atoms with E-state index >= 15 is 0 Å². The Balaban J connectivity index is 1.07. The van der Waals surface area contributed by atoms with Crippen LogP contribution in [0.4, 0.5) is 45.5 Å². The third kappa shape index (κ3) is 7.10. The van der Waals surface area contributed by atoms with Gasteiger partial charge in [-0.15, -0.1) is 10.0 Å². The fourth-order valence-corrected chi connectivity index (χ4v) is 19.8. The van der Waals surface area contributed by atoms with Gasteiger partial charge in [-0.05, 0) is 177 Å². The highest BCUT2D eigenvalue weighted by molar-refractivity contribution is 8.34. The maximum Gasteiger partial charge on any atom is 0.255 e. The summed E-state index contributed by atoms with van der Waals surface area (Å²) in [5.41, 5.74) is 22.4. The van der Waals surface area contributed by atoms with E-state index in [1.165, 1.54) is 99.6 Å². The van der Waals surface area contributed by atoms with Gasteiger partial charge in [0.05, 0.1) is 28.3 Å². The first-order chi connectivity index (χ1) is 40.6. The molecule has 2 unspecified atom stereocenters. The molecule has 11 aromatic rings. The molecule has 1 saturated carbocycles. The second-order valence-electron chi connectivity index (χ2n) is 24.8. The summed E-state index contributed by atoms with van der Waals surface area (Å²) < 4.78 is 0. The van der Waals surface area contributed by atoms with Gasteiger partial charge in [0.15, 0.2) is 0 Å². The van der Waals surface area contributed by atoms with E-state index in [0.717, 1.165) is 52.3 Å². The summed E-state index contributed by atoms with van der Waals surface area (Å²) in [5, 5.41) is 0. The van der Waals surface area contributed by atoms with Gasteiger partial charge in [0.25, 0.3) is 6.71 Å². The molecule has 5 aliphatic rings. The Labute approximate surface area is 490 Å². The van der Waals surface area contributed by atoms with Gasteiger partial charge in [0.2, 0.25) is 0 Å². The van der Waals surface area contributed by atoms with Gasteiger partial charge in [-0.1, -0.05) is 174 Å². The lowest BCUT2D eigenvalue weighted by Crippen LogP contribution is -2.65. The molecule has 0 saturated heterocycles. The van der Waals surface area contributed by atoms with Crippen molar-refractivity contribution in [2.24, 2.45) is 0 Å². The molecule has 4 aliphatic heterocycles. The fourth-order valence-electron chi connectivity index (χ4n) is 15.5. The lowest BCUT2D eigenvalue weighted by atomic mass is 9.33. The smallest absolute Gasteiger partial charge is 0.255 e. The average Bonchev–Trinajstić information content (AvgIpc) is 1.20. The summed E-state index contributed by atoms with van der Waals surface area (Å²) in [5.74, 6) is 0. The van der Waals surface area contributed by atoms with Crippen molar-refractivity contribution >= 4 is 78.6 Å². The minimum Gasteiger partial charge on any atom is -0.334 e. The molecule has 402 valence electrons. The van der Waals surface area contributed by atoms with Crippen molar-refractivity contribution in [1.82, 2.24) is 9.97 Å². The summed E-state index contributed by atoms with van der Waals surface area (Å²) in [6, 6.07) is 89.5. The molecule has 83 heavy (non-hydrogen) atoms. The lowest BCUT2D eigenvalue weighted by molar-refractivity contribution is 0.195. The van der Waals surface area contributed by atoms with Crippen molar-refractivity contribution in [2.75, 3.05) is 14.7 Å². The average molecular weight is 1090 g/mol. The Morgan fingerprint density at radius 3 is 1.58 bits per heavy atom. The first-order valence-electron chi connectivity index (χ1n) is 29.6. The predicted molar refractivity (Wildman–Crippen MR) is 347 cm³/mol. The van der Waals surface area contributed by atoms with Crippen LogP contribution in [0.15, 0.2) is 269 Å². The van der Waals surface area contributed by atoms with Crippen molar-refractivity contribution in [2.45, 2.75) is 96.3 Å². The first kappa shape index (κ1) is 49.9. The second-order valence-corrected chi connectivity index (χ2v) is 27.8. The van der Waals surface area contributed by atoms with Crippen LogP contribution in [0.1, 0.15) is 71.4 Å². The molecule has 2 aromatic heterocycles. The fraction of sp³-hybridized carbons (Fsp3) is 0.158. The highest BCUT2D eigenvalue weighted by atomic mass is 32.3. The van der Waals surface area contributed by atoms with Gasteiger partial charge in [-0.2, -0.15) is 0 Å². The van der Waals surface area contributed by atoms with Crippen LogP contribution >= 0.6 is 10.0 Å². The van der Waals surface area contributed by atoms with Crippen molar-refractivity contribution in [3.05, 3.63) is 260 Å². The van der Waals surface area contributed by atoms with E-state index in [9.17, 15) is 0 Å². The van der Waals surface area contributed by atoms with Crippen LogP contribution in [0.2, 0.25) is 0 Å². The van der Waals surface area contributed by atoms with E-state index in [2.05, 4.69) is 280 Å². The number of pyridine rings is 2. The van der Waals surface area contributed by atoms with Gasteiger partial charge in [-0.25, -0.2) is 0 Å². The quantitative estimate of drug-likeness (QED) is 0.142. The maximum atomic E-state index is 5.26. The maximum absolute atomic E-state index is 5.26.